The van der Waals surface area contributed by atoms with Gasteiger partial charge in [0.1, 0.15) is 18.1 Å². The van der Waals surface area contributed by atoms with Crippen LogP contribution in [0, 0.1) is 0 Å². The number of aliphatic carboxylic acids is 2. The highest BCUT2D eigenvalue weighted by Gasteiger charge is 2.28. The summed E-state index contributed by atoms with van der Waals surface area (Å²) in [5.41, 5.74) is 6.43. The van der Waals surface area contributed by atoms with Crippen LogP contribution in [0.5, 0.6) is 0 Å². The van der Waals surface area contributed by atoms with Gasteiger partial charge in [-0.3, -0.25) is 19.2 Å². The molecule has 0 fully saturated rings. The van der Waals surface area contributed by atoms with Crippen molar-refractivity contribution in [1.82, 2.24) is 25.9 Å². The minimum absolute atomic E-state index is 0.0978. The zero-order valence-electron chi connectivity index (χ0n) is 16.0. The highest BCUT2D eigenvalue weighted by Crippen LogP contribution is 1.99. The molecule has 0 aromatic carbocycles. The standard InChI is InChI=1S/C16H24N6O7S/c1-7(13(25)21-10(16(28)29)3-12(23)24)20-15(27)11(5-30)22-14(26)9(17)2-8-4-18-6-19-8/h4,6-7,9-11,30H,2-3,5,17H2,1H3,(H,18,19)(H,20,27)(H,21,25)(H,22,26)(H,23,24)(H,28,29). The lowest BCUT2D eigenvalue weighted by molar-refractivity contribution is -0.147. The van der Waals surface area contributed by atoms with E-state index in [0.29, 0.717) is 5.69 Å². The highest BCUT2D eigenvalue weighted by atomic mass is 32.1. The summed E-state index contributed by atoms with van der Waals surface area (Å²) < 4.78 is 0. The molecule has 1 heterocycles. The third-order valence-corrected chi connectivity index (χ3v) is 4.26. The topological polar surface area (TPSA) is 217 Å². The molecule has 0 saturated carbocycles. The summed E-state index contributed by atoms with van der Waals surface area (Å²) in [7, 11) is 0. The van der Waals surface area contributed by atoms with Crippen molar-refractivity contribution in [2.24, 2.45) is 5.73 Å². The van der Waals surface area contributed by atoms with Crippen molar-refractivity contribution in [3.8, 4) is 0 Å². The number of H-pyrrole nitrogens is 1. The minimum atomic E-state index is -1.66. The fourth-order valence-corrected chi connectivity index (χ4v) is 2.51. The first-order valence-electron chi connectivity index (χ1n) is 8.74. The monoisotopic (exact) mass is 444 g/mol. The van der Waals surface area contributed by atoms with Gasteiger partial charge in [-0.1, -0.05) is 0 Å². The third-order valence-electron chi connectivity index (χ3n) is 3.89. The van der Waals surface area contributed by atoms with E-state index >= 15 is 0 Å². The van der Waals surface area contributed by atoms with Crippen molar-refractivity contribution < 1.29 is 34.2 Å². The summed E-state index contributed by atoms with van der Waals surface area (Å²) in [5, 5.41) is 24.4. The molecule has 0 radical (unpaired) electrons. The molecule has 1 rings (SSSR count). The predicted molar refractivity (Wildman–Crippen MR) is 105 cm³/mol. The van der Waals surface area contributed by atoms with Crippen LogP contribution in [0.4, 0.5) is 0 Å². The Morgan fingerprint density at radius 1 is 1.10 bits per heavy atom. The van der Waals surface area contributed by atoms with Crippen molar-refractivity contribution in [1.29, 1.82) is 0 Å². The molecule has 1 aromatic heterocycles. The van der Waals surface area contributed by atoms with Crippen LogP contribution in [0.1, 0.15) is 19.0 Å². The van der Waals surface area contributed by atoms with E-state index < -0.39 is 60.2 Å². The lowest BCUT2D eigenvalue weighted by atomic mass is 10.1. The molecule has 4 atom stereocenters. The van der Waals surface area contributed by atoms with Crippen LogP contribution in [-0.2, 0) is 30.4 Å². The van der Waals surface area contributed by atoms with Crippen molar-refractivity contribution in [2.45, 2.75) is 43.9 Å². The number of carbonyl (C=O) groups excluding carboxylic acids is 3. The van der Waals surface area contributed by atoms with E-state index in [1.165, 1.54) is 19.4 Å². The van der Waals surface area contributed by atoms with E-state index in [0.717, 1.165) is 0 Å². The van der Waals surface area contributed by atoms with Gasteiger partial charge in [0.25, 0.3) is 0 Å². The summed E-state index contributed by atoms with van der Waals surface area (Å²) in [6, 6.07) is -4.94. The number of amides is 3. The molecule has 3 amide bonds. The van der Waals surface area contributed by atoms with E-state index in [1.807, 2.05) is 5.32 Å². The molecule has 0 saturated heterocycles. The smallest absolute Gasteiger partial charge is 0.326 e. The van der Waals surface area contributed by atoms with Crippen LogP contribution in [0.15, 0.2) is 12.5 Å². The van der Waals surface area contributed by atoms with Crippen LogP contribution in [0.3, 0.4) is 0 Å². The largest absolute Gasteiger partial charge is 0.481 e. The summed E-state index contributed by atoms with van der Waals surface area (Å²) >= 11 is 4.01. The van der Waals surface area contributed by atoms with Crippen LogP contribution < -0.4 is 21.7 Å². The molecule has 4 unspecified atom stereocenters. The zero-order chi connectivity index (χ0) is 22.8. The lowest BCUT2D eigenvalue weighted by Crippen LogP contribution is -2.57. The number of thiol groups is 1. The van der Waals surface area contributed by atoms with E-state index in [9.17, 15) is 24.0 Å². The van der Waals surface area contributed by atoms with Crippen LogP contribution in [0.25, 0.3) is 0 Å². The quantitative estimate of drug-likeness (QED) is 0.156. The Bertz CT molecular complexity index is 772. The number of aromatic amines is 1. The second kappa shape index (κ2) is 11.8. The first-order chi connectivity index (χ1) is 14.0. The van der Waals surface area contributed by atoms with Gasteiger partial charge in [0, 0.05) is 24.1 Å². The Labute approximate surface area is 176 Å². The van der Waals surface area contributed by atoms with E-state index in [4.69, 9.17) is 15.9 Å². The first-order valence-corrected chi connectivity index (χ1v) is 9.37. The van der Waals surface area contributed by atoms with Crippen LogP contribution >= 0.6 is 12.6 Å². The van der Waals surface area contributed by atoms with Crippen molar-refractivity contribution in [3.05, 3.63) is 18.2 Å². The van der Waals surface area contributed by atoms with Gasteiger partial charge in [-0.15, -0.1) is 0 Å². The molecule has 166 valence electrons. The SMILES string of the molecule is CC(NC(=O)C(CS)NC(=O)C(N)Cc1cnc[nH]1)C(=O)NC(CC(=O)O)C(=O)O. The number of carboxylic acids is 2. The average molecular weight is 444 g/mol. The number of rotatable bonds is 12. The number of nitrogens with two attached hydrogens (primary N) is 1. The van der Waals surface area contributed by atoms with Gasteiger partial charge in [-0.05, 0) is 6.92 Å². The number of hydrogen-bond donors (Lipinski definition) is 8. The highest BCUT2D eigenvalue weighted by molar-refractivity contribution is 7.80. The molecular weight excluding hydrogens is 420 g/mol. The number of aromatic nitrogens is 2. The Kier molecular flexibility index (Phi) is 9.77. The Morgan fingerprint density at radius 2 is 1.73 bits per heavy atom. The molecule has 0 aliphatic heterocycles. The van der Waals surface area contributed by atoms with E-state index in [-0.39, 0.29) is 12.2 Å². The maximum Gasteiger partial charge on any atom is 0.326 e. The Hall–Kier alpha value is -3.13. The molecule has 8 N–H and O–H groups in total. The van der Waals surface area contributed by atoms with Crippen LogP contribution in [-0.4, -0.2) is 79.8 Å². The third kappa shape index (κ3) is 8.08. The molecule has 0 aliphatic carbocycles. The summed E-state index contributed by atoms with van der Waals surface area (Å²) in [6.45, 7) is 1.27. The number of carbonyl (C=O) groups is 5. The average Bonchev–Trinajstić information content (AvgIpc) is 3.17. The summed E-state index contributed by atoms with van der Waals surface area (Å²) in [5.74, 6) is -5.32. The predicted octanol–water partition coefficient (Wildman–Crippen LogP) is -2.76. The Morgan fingerprint density at radius 3 is 2.23 bits per heavy atom. The fourth-order valence-electron chi connectivity index (χ4n) is 2.25. The first kappa shape index (κ1) is 24.9. The molecule has 30 heavy (non-hydrogen) atoms. The van der Waals surface area contributed by atoms with Gasteiger partial charge in [0.2, 0.25) is 17.7 Å². The van der Waals surface area contributed by atoms with Gasteiger partial charge < -0.3 is 36.9 Å². The molecule has 14 heteroatoms. The number of nitrogens with one attached hydrogen (secondary N) is 4. The molecular formula is C16H24N6O7S. The minimum Gasteiger partial charge on any atom is -0.481 e. The van der Waals surface area contributed by atoms with Gasteiger partial charge in [0.15, 0.2) is 0 Å². The van der Waals surface area contributed by atoms with E-state index in [1.54, 1.807) is 0 Å². The number of imidazole rings is 1. The van der Waals surface area contributed by atoms with E-state index in [2.05, 4.69) is 33.2 Å². The Balaban J connectivity index is 2.61. The normalized spacial score (nSPS) is 14.6. The van der Waals surface area contributed by atoms with Crippen molar-refractivity contribution >= 4 is 42.3 Å². The maximum absolute atomic E-state index is 12.3. The second-order valence-corrected chi connectivity index (χ2v) is 6.72. The number of hydrogen-bond acceptors (Lipinski definition) is 8. The number of carboxylic acid groups (broad SMARTS) is 2. The van der Waals surface area contributed by atoms with Gasteiger partial charge in [-0.25, -0.2) is 9.78 Å². The molecule has 13 nitrogen and oxygen atoms in total. The van der Waals surface area contributed by atoms with Gasteiger partial charge >= 0.3 is 11.9 Å². The molecule has 0 spiro atoms. The molecule has 0 aliphatic rings. The zero-order valence-corrected chi connectivity index (χ0v) is 16.9. The van der Waals surface area contributed by atoms with Crippen molar-refractivity contribution in [2.75, 3.05) is 5.75 Å². The second-order valence-electron chi connectivity index (χ2n) is 6.36. The molecule has 1 aromatic rings. The van der Waals surface area contributed by atoms with Crippen molar-refractivity contribution in [3.63, 3.8) is 0 Å². The van der Waals surface area contributed by atoms with Gasteiger partial charge in [0.05, 0.1) is 18.8 Å². The summed E-state index contributed by atoms with van der Waals surface area (Å²) in [6.07, 6.45) is 2.27. The van der Waals surface area contributed by atoms with Crippen LogP contribution in [0.2, 0.25) is 0 Å². The summed E-state index contributed by atoms with van der Waals surface area (Å²) in [4.78, 5) is 64.9. The fraction of sp³-hybridized carbons (Fsp3) is 0.500. The maximum atomic E-state index is 12.3. The molecule has 0 bridgehead atoms. The number of nitrogens with zero attached hydrogens (tertiary/aromatic N) is 1. The lowest BCUT2D eigenvalue weighted by Gasteiger charge is -2.22. The van der Waals surface area contributed by atoms with Gasteiger partial charge in [-0.2, -0.15) is 12.6 Å².